The van der Waals surface area contributed by atoms with Crippen molar-refractivity contribution in [3.05, 3.63) is 40.9 Å². The maximum Gasteiger partial charge on any atom is 0.417 e. The Bertz CT molecular complexity index is 580. The number of aromatic nitrogens is 1. The number of nitrogens with zero attached hydrogens (tertiary/aromatic N) is 1. The zero-order valence-electron chi connectivity index (χ0n) is 9.48. The molecule has 0 amide bonds. The summed E-state index contributed by atoms with van der Waals surface area (Å²) in [4.78, 5) is 14.1. The molecule has 3 nitrogen and oxygen atoms in total. The Hall–Kier alpha value is -1.89. The van der Waals surface area contributed by atoms with Crippen molar-refractivity contribution in [2.24, 2.45) is 0 Å². The second kappa shape index (κ2) is 5.40. The van der Waals surface area contributed by atoms with E-state index < -0.39 is 11.7 Å². The van der Waals surface area contributed by atoms with Crippen LogP contribution >= 0.6 is 11.3 Å². The Kier molecular flexibility index (Phi) is 3.84. The first-order chi connectivity index (χ1) is 9.02. The molecule has 19 heavy (non-hydrogen) atoms. The van der Waals surface area contributed by atoms with E-state index in [2.05, 4.69) is 9.72 Å². The molecular formula is C12H8F3NO2S. The molecule has 0 N–H and O–H groups in total. The van der Waals surface area contributed by atoms with Gasteiger partial charge in [-0.1, -0.05) is 18.2 Å². The van der Waals surface area contributed by atoms with E-state index in [0.29, 0.717) is 5.69 Å². The topological polar surface area (TPSA) is 39.2 Å². The third kappa shape index (κ3) is 3.11. The van der Waals surface area contributed by atoms with Crippen LogP contribution in [-0.2, 0) is 22.3 Å². The van der Waals surface area contributed by atoms with E-state index in [1.807, 2.05) is 0 Å². The summed E-state index contributed by atoms with van der Waals surface area (Å²) in [5.74, 6) is 0. The number of ether oxygens (including phenoxy) is 1. The minimum Gasteiger partial charge on any atom is -0.461 e. The van der Waals surface area contributed by atoms with E-state index in [0.717, 1.165) is 17.4 Å². The fourth-order valence-electron chi connectivity index (χ4n) is 1.53. The predicted octanol–water partition coefficient (Wildman–Crippen LogP) is 3.50. The third-order valence-electron chi connectivity index (χ3n) is 2.31. The van der Waals surface area contributed by atoms with Crippen molar-refractivity contribution in [1.29, 1.82) is 0 Å². The van der Waals surface area contributed by atoms with Gasteiger partial charge >= 0.3 is 6.18 Å². The van der Waals surface area contributed by atoms with Gasteiger partial charge in [-0.3, -0.25) is 4.79 Å². The van der Waals surface area contributed by atoms with Crippen LogP contribution in [0.2, 0.25) is 0 Å². The van der Waals surface area contributed by atoms with Crippen LogP contribution in [0, 0.1) is 0 Å². The number of hydrogen-bond acceptors (Lipinski definition) is 4. The molecule has 1 aromatic heterocycles. The normalized spacial score (nSPS) is 11.3. The summed E-state index contributed by atoms with van der Waals surface area (Å²) in [6.45, 7) is 0.219. The quantitative estimate of drug-likeness (QED) is 0.808. The van der Waals surface area contributed by atoms with Gasteiger partial charge in [-0.15, -0.1) is 11.3 Å². The summed E-state index contributed by atoms with van der Waals surface area (Å²) in [5, 5.41) is 1.81. The van der Waals surface area contributed by atoms with E-state index in [1.165, 1.54) is 18.2 Å². The fraction of sp³-hybridized carbons (Fsp3) is 0.167. The van der Waals surface area contributed by atoms with Gasteiger partial charge in [0.2, 0.25) is 0 Å². The zero-order chi connectivity index (χ0) is 13.9. The summed E-state index contributed by atoms with van der Waals surface area (Å²) in [6.07, 6.45) is -4.43. The number of alkyl halides is 3. The molecule has 0 saturated carbocycles. The van der Waals surface area contributed by atoms with Gasteiger partial charge in [-0.05, 0) is 6.07 Å². The lowest BCUT2D eigenvalue weighted by Crippen LogP contribution is -2.06. The summed E-state index contributed by atoms with van der Waals surface area (Å²) < 4.78 is 43.1. The molecule has 0 aliphatic rings. The highest BCUT2D eigenvalue weighted by Gasteiger charge is 2.33. The zero-order valence-corrected chi connectivity index (χ0v) is 10.3. The van der Waals surface area contributed by atoms with Gasteiger partial charge in [-0.2, -0.15) is 13.2 Å². The van der Waals surface area contributed by atoms with Crippen LogP contribution in [-0.4, -0.2) is 11.5 Å². The average molecular weight is 287 g/mol. The molecule has 100 valence electrons. The Morgan fingerprint density at radius 2 is 2.05 bits per heavy atom. The molecule has 0 aliphatic heterocycles. The lowest BCUT2D eigenvalue weighted by atomic mass is 10.1. The summed E-state index contributed by atoms with van der Waals surface area (Å²) in [7, 11) is 0. The molecule has 0 atom stereocenters. The van der Waals surface area contributed by atoms with Crippen LogP contribution in [0.15, 0.2) is 29.6 Å². The number of thiazole rings is 1. The molecule has 1 aromatic carbocycles. The van der Waals surface area contributed by atoms with Crippen molar-refractivity contribution in [3.8, 4) is 10.6 Å². The van der Waals surface area contributed by atoms with Gasteiger partial charge < -0.3 is 4.74 Å². The van der Waals surface area contributed by atoms with Crippen LogP contribution < -0.4 is 0 Å². The van der Waals surface area contributed by atoms with Crippen LogP contribution in [0.3, 0.4) is 0 Å². The van der Waals surface area contributed by atoms with Crippen molar-refractivity contribution in [2.75, 3.05) is 0 Å². The van der Waals surface area contributed by atoms with E-state index in [-0.39, 0.29) is 23.7 Å². The number of hydrogen-bond donors (Lipinski definition) is 0. The minimum atomic E-state index is -4.43. The predicted molar refractivity (Wildman–Crippen MR) is 63.4 cm³/mol. The molecule has 0 aliphatic carbocycles. The first-order valence-electron chi connectivity index (χ1n) is 5.18. The van der Waals surface area contributed by atoms with E-state index in [4.69, 9.17) is 0 Å². The molecule has 0 unspecified atom stereocenters. The molecule has 0 radical (unpaired) electrons. The van der Waals surface area contributed by atoms with Gasteiger partial charge in [0.15, 0.2) is 0 Å². The van der Waals surface area contributed by atoms with Crippen LogP contribution in [0.1, 0.15) is 11.3 Å². The van der Waals surface area contributed by atoms with Gasteiger partial charge in [-0.25, -0.2) is 4.98 Å². The number of rotatable bonds is 4. The van der Waals surface area contributed by atoms with Crippen LogP contribution in [0.25, 0.3) is 10.6 Å². The van der Waals surface area contributed by atoms with E-state index in [9.17, 15) is 18.0 Å². The van der Waals surface area contributed by atoms with Gasteiger partial charge in [0.05, 0.1) is 11.3 Å². The summed E-state index contributed by atoms with van der Waals surface area (Å²) in [6, 6.07) is 5.23. The molecule has 2 aromatic rings. The van der Waals surface area contributed by atoms with Gasteiger partial charge in [0, 0.05) is 10.9 Å². The maximum absolute atomic E-state index is 12.8. The SMILES string of the molecule is O=COCc1csc(-c2ccccc2C(F)(F)F)n1. The lowest BCUT2D eigenvalue weighted by Gasteiger charge is -2.10. The van der Waals surface area contributed by atoms with Gasteiger partial charge in [0.25, 0.3) is 6.47 Å². The smallest absolute Gasteiger partial charge is 0.417 e. The minimum absolute atomic E-state index is 0.0253. The van der Waals surface area contributed by atoms with Crippen molar-refractivity contribution in [1.82, 2.24) is 4.98 Å². The Morgan fingerprint density at radius 3 is 2.74 bits per heavy atom. The molecule has 0 fully saturated rings. The summed E-state index contributed by atoms with van der Waals surface area (Å²) in [5.41, 5.74) is -0.284. The molecule has 2 rings (SSSR count). The number of carbonyl (C=O) groups is 1. The van der Waals surface area contributed by atoms with Gasteiger partial charge in [0.1, 0.15) is 11.6 Å². The molecule has 0 saturated heterocycles. The Balaban J connectivity index is 2.36. The molecule has 7 heteroatoms. The number of halogens is 3. The highest BCUT2D eigenvalue weighted by atomic mass is 32.1. The summed E-state index contributed by atoms with van der Waals surface area (Å²) >= 11 is 1.08. The Morgan fingerprint density at radius 1 is 1.32 bits per heavy atom. The molecular weight excluding hydrogens is 279 g/mol. The highest BCUT2D eigenvalue weighted by molar-refractivity contribution is 7.13. The average Bonchev–Trinajstić information content (AvgIpc) is 2.84. The largest absolute Gasteiger partial charge is 0.461 e. The fourth-order valence-corrected chi connectivity index (χ4v) is 2.38. The first-order valence-corrected chi connectivity index (χ1v) is 6.06. The molecule has 0 bridgehead atoms. The van der Waals surface area contributed by atoms with Crippen LogP contribution in [0.5, 0.6) is 0 Å². The second-order valence-electron chi connectivity index (χ2n) is 3.59. The standard InChI is InChI=1S/C12H8F3NO2S/c13-12(14,15)10-4-2-1-3-9(10)11-16-8(6-19-11)5-18-7-17/h1-4,6-7H,5H2. The van der Waals surface area contributed by atoms with Crippen LogP contribution in [0.4, 0.5) is 13.2 Å². The first kappa shape index (κ1) is 13.5. The lowest BCUT2D eigenvalue weighted by molar-refractivity contribution is -0.137. The van der Waals surface area contributed by atoms with Crippen molar-refractivity contribution in [2.45, 2.75) is 12.8 Å². The second-order valence-corrected chi connectivity index (χ2v) is 4.45. The maximum atomic E-state index is 12.8. The molecule has 1 heterocycles. The molecule has 0 spiro atoms. The third-order valence-corrected chi connectivity index (χ3v) is 3.24. The van der Waals surface area contributed by atoms with E-state index in [1.54, 1.807) is 5.38 Å². The van der Waals surface area contributed by atoms with Crippen molar-refractivity contribution >= 4 is 17.8 Å². The Labute approximate surface area is 110 Å². The van der Waals surface area contributed by atoms with Crippen molar-refractivity contribution < 1.29 is 22.7 Å². The van der Waals surface area contributed by atoms with Crippen molar-refractivity contribution in [3.63, 3.8) is 0 Å². The highest BCUT2D eigenvalue weighted by Crippen LogP contribution is 2.37. The number of benzene rings is 1. The monoisotopic (exact) mass is 287 g/mol. The van der Waals surface area contributed by atoms with E-state index >= 15 is 0 Å². The number of carbonyl (C=O) groups excluding carboxylic acids is 1.